The number of methoxy groups -OCH3 is 1. The molecule has 1 aromatic carbocycles. The smallest absolute Gasteiger partial charge is 0.118 e. The van der Waals surface area contributed by atoms with E-state index in [1.165, 1.54) is 0 Å². The molecular weight excluding hydrogens is 216 g/mol. The van der Waals surface area contributed by atoms with Crippen molar-refractivity contribution in [3.63, 3.8) is 0 Å². The van der Waals surface area contributed by atoms with E-state index < -0.39 is 0 Å². The first-order chi connectivity index (χ1) is 8.26. The summed E-state index contributed by atoms with van der Waals surface area (Å²) in [6.07, 6.45) is 1.72. The van der Waals surface area contributed by atoms with Gasteiger partial charge in [0.25, 0.3) is 0 Å². The molecule has 0 saturated carbocycles. The van der Waals surface area contributed by atoms with Gasteiger partial charge in [0, 0.05) is 6.61 Å². The van der Waals surface area contributed by atoms with Gasteiger partial charge in [0.2, 0.25) is 0 Å². The lowest BCUT2D eigenvalue weighted by Gasteiger charge is -2.06. The fourth-order valence-corrected chi connectivity index (χ4v) is 1.42. The van der Waals surface area contributed by atoms with Gasteiger partial charge < -0.3 is 14.6 Å². The molecule has 0 atom stereocenters. The Morgan fingerprint density at radius 2 is 2.00 bits per heavy atom. The minimum atomic E-state index is 0.0679. The molecule has 1 aromatic rings. The molecule has 0 aliphatic heterocycles. The van der Waals surface area contributed by atoms with Crippen LogP contribution in [0.4, 0.5) is 0 Å². The number of ether oxygens (including phenoxy) is 2. The van der Waals surface area contributed by atoms with E-state index in [-0.39, 0.29) is 6.61 Å². The average molecular weight is 236 g/mol. The zero-order chi connectivity index (χ0) is 12.5. The van der Waals surface area contributed by atoms with Crippen LogP contribution in [0.25, 0.3) is 0 Å². The zero-order valence-corrected chi connectivity index (χ0v) is 10.3. The number of rotatable bonds is 8. The van der Waals surface area contributed by atoms with Crippen molar-refractivity contribution in [3.05, 3.63) is 42.0 Å². The summed E-state index contributed by atoms with van der Waals surface area (Å²) in [5.74, 6) is 0.855. The van der Waals surface area contributed by atoms with Crippen LogP contribution in [0, 0.1) is 0 Å². The van der Waals surface area contributed by atoms with Crippen molar-refractivity contribution >= 4 is 0 Å². The van der Waals surface area contributed by atoms with Crippen LogP contribution in [0.2, 0.25) is 0 Å². The third-order valence-corrected chi connectivity index (χ3v) is 2.47. The molecule has 17 heavy (non-hydrogen) atoms. The van der Waals surface area contributed by atoms with Crippen LogP contribution in [0.5, 0.6) is 5.75 Å². The highest BCUT2D eigenvalue weighted by molar-refractivity contribution is 5.26. The number of benzene rings is 1. The van der Waals surface area contributed by atoms with E-state index in [0.29, 0.717) is 13.2 Å². The minimum Gasteiger partial charge on any atom is -0.497 e. The quantitative estimate of drug-likeness (QED) is 0.557. The fourth-order valence-electron chi connectivity index (χ4n) is 1.42. The van der Waals surface area contributed by atoms with E-state index in [4.69, 9.17) is 14.6 Å². The van der Waals surface area contributed by atoms with E-state index in [9.17, 15) is 0 Å². The van der Waals surface area contributed by atoms with Gasteiger partial charge in [-0.1, -0.05) is 24.3 Å². The number of aliphatic hydroxyl groups excluding tert-OH is 1. The number of hydrogen-bond acceptors (Lipinski definition) is 3. The molecule has 3 heteroatoms. The van der Waals surface area contributed by atoms with Crippen LogP contribution in [0.1, 0.15) is 18.4 Å². The van der Waals surface area contributed by atoms with Gasteiger partial charge >= 0.3 is 0 Å². The van der Waals surface area contributed by atoms with Crippen molar-refractivity contribution in [1.29, 1.82) is 0 Å². The molecule has 0 aliphatic rings. The lowest BCUT2D eigenvalue weighted by molar-refractivity contribution is 0.118. The van der Waals surface area contributed by atoms with Crippen LogP contribution in [0.3, 0.4) is 0 Å². The molecular formula is C14H20O3. The maximum atomic E-state index is 8.77. The summed E-state index contributed by atoms with van der Waals surface area (Å²) >= 11 is 0. The number of aliphatic hydroxyl groups is 1. The van der Waals surface area contributed by atoms with Crippen molar-refractivity contribution in [1.82, 2.24) is 0 Å². The van der Waals surface area contributed by atoms with Gasteiger partial charge in [0.15, 0.2) is 0 Å². The molecule has 1 N–H and O–H groups in total. The summed E-state index contributed by atoms with van der Waals surface area (Å²) in [5.41, 5.74) is 1.99. The summed E-state index contributed by atoms with van der Waals surface area (Å²) in [6, 6.07) is 7.83. The highest BCUT2D eigenvalue weighted by Crippen LogP contribution is 2.12. The Morgan fingerprint density at radius 3 is 2.59 bits per heavy atom. The fraction of sp³-hybridized carbons (Fsp3) is 0.429. The third kappa shape index (κ3) is 5.52. The first-order valence-electron chi connectivity index (χ1n) is 5.74. The molecule has 0 fully saturated rings. The molecule has 0 saturated heterocycles. The summed E-state index contributed by atoms with van der Waals surface area (Å²) in [5, 5.41) is 8.77. The van der Waals surface area contributed by atoms with Crippen molar-refractivity contribution in [2.75, 3.05) is 20.3 Å². The Labute approximate surface area is 103 Å². The second kappa shape index (κ2) is 7.87. The van der Waals surface area contributed by atoms with Crippen molar-refractivity contribution < 1.29 is 14.6 Å². The maximum absolute atomic E-state index is 8.77. The van der Waals surface area contributed by atoms with Crippen molar-refractivity contribution in [2.24, 2.45) is 0 Å². The topological polar surface area (TPSA) is 38.7 Å². The molecule has 0 aromatic heterocycles. The summed E-state index contributed by atoms with van der Waals surface area (Å²) in [6.45, 7) is 5.09. The van der Waals surface area contributed by atoms with Crippen LogP contribution in [-0.4, -0.2) is 25.4 Å². The lowest BCUT2D eigenvalue weighted by Crippen LogP contribution is -1.97. The average Bonchev–Trinajstić information content (AvgIpc) is 2.38. The van der Waals surface area contributed by atoms with E-state index in [1.54, 1.807) is 7.11 Å². The molecule has 0 aliphatic carbocycles. The Morgan fingerprint density at radius 1 is 1.29 bits per heavy atom. The van der Waals surface area contributed by atoms with Gasteiger partial charge in [-0.25, -0.2) is 0 Å². The molecule has 0 spiro atoms. The normalized spacial score (nSPS) is 10.2. The zero-order valence-electron chi connectivity index (χ0n) is 10.3. The highest BCUT2D eigenvalue weighted by atomic mass is 16.5. The Hall–Kier alpha value is -1.32. The van der Waals surface area contributed by atoms with Crippen LogP contribution in [-0.2, 0) is 11.3 Å². The van der Waals surface area contributed by atoms with Gasteiger partial charge in [-0.15, -0.1) is 0 Å². The molecule has 0 unspecified atom stereocenters. The van der Waals surface area contributed by atoms with Crippen LogP contribution >= 0.6 is 0 Å². The van der Waals surface area contributed by atoms with E-state index in [1.807, 2.05) is 24.3 Å². The molecule has 1 rings (SSSR count). The Balaban J connectivity index is 2.15. The Bertz CT molecular complexity index is 330. The SMILES string of the molecule is C=C(CO)CCCOCc1ccc(OC)cc1. The van der Waals surface area contributed by atoms with Crippen LogP contribution in [0.15, 0.2) is 36.4 Å². The number of hydrogen-bond donors (Lipinski definition) is 1. The van der Waals surface area contributed by atoms with E-state index >= 15 is 0 Å². The molecule has 0 heterocycles. The minimum absolute atomic E-state index is 0.0679. The third-order valence-electron chi connectivity index (χ3n) is 2.47. The van der Waals surface area contributed by atoms with Gasteiger partial charge in [0.1, 0.15) is 5.75 Å². The lowest BCUT2D eigenvalue weighted by atomic mass is 10.2. The maximum Gasteiger partial charge on any atom is 0.118 e. The molecule has 3 nitrogen and oxygen atoms in total. The van der Waals surface area contributed by atoms with Crippen molar-refractivity contribution in [3.8, 4) is 5.75 Å². The monoisotopic (exact) mass is 236 g/mol. The molecule has 0 radical (unpaired) electrons. The molecule has 0 bridgehead atoms. The van der Waals surface area contributed by atoms with E-state index in [0.717, 1.165) is 29.7 Å². The predicted octanol–water partition coefficient (Wildman–Crippen LogP) is 2.54. The largest absolute Gasteiger partial charge is 0.497 e. The van der Waals surface area contributed by atoms with Gasteiger partial charge in [-0.3, -0.25) is 0 Å². The summed E-state index contributed by atoms with van der Waals surface area (Å²) in [7, 11) is 1.65. The summed E-state index contributed by atoms with van der Waals surface area (Å²) < 4.78 is 10.6. The first-order valence-corrected chi connectivity index (χ1v) is 5.74. The predicted molar refractivity (Wildman–Crippen MR) is 68.1 cm³/mol. The van der Waals surface area contributed by atoms with Gasteiger partial charge in [0.05, 0.1) is 20.3 Å². The highest BCUT2D eigenvalue weighted by Gasteiger charge is 1.96. The van der Waals surface area contributed by atoms with Crippen LogP contribution < -0.4 is 4.74 Å². The van der Waals surface area contributed by atoms with Crippen molar-refractivity contribution in [2.45, 2.75) is 19.4 Å². The second-order valence-electron chi connectivity index (χ2n) is 3.91. The molecule has 0 amide bonds. The second-order valence-corrected chi connectivity index (χ2v) is 3.91. The van der Waals surface area contributed by atoms with Gasteiger partial charge in [-0.05, 0) is 30.5 Å². The Kier molecular flexibility index (Phi) is 6.37. The van der Waals surface area contributed by atoms with Gasteiger partial charge in [-0.2, -0.15) is 0 Å². The standard InChI is InChI=1S/C14H20O3/c1-12(10-15)4-3-9-17-11-13-5-7-14(16-2)8-6-13/h5-8,15H,1,3-4,9-11H2,2H3. The summed E-state index contributed by atoms with van der Waals surface area (Å²) in [4.78, 5) is 0. The van der Waals surface area contributed by atoms with E-state index in [2.05, 4.69) is 6.58 Å². The molecule has 94 valence electrons. The first kappa shape index (κ1) is 13.7.